The van der Waals surface area contributed by atoms with Crippen molar-refractivity contribution in [3.63, 3.8) is 0 Å². The molecule has 2 aliphatic carbocycles. The van der Waals surface area contributed by atoms with Crippen LogP contribution in [0.4, 0.5) is 4.39 Å². The van der Waals surface area contributed by atoms with Crippen molar-refractivity contribution in [3.05, 3.63) is 59.4 Å². The van der Waals surface area contributed by atoms with Crippen LogP contribution in [-0.4, -0.2) is 0 Å². The zero-order valence-corrected chi connectivity index (χ0v) is 18.9. The van der Waals surface area contributed by atoms with E-state index in [1.807, 2.05) is 19.9 Å². The summed E-state index contributed by atoms with van der Waals surface area (Å²) in [5.74, 6) is 2.87. The highest BCUT2D eigenvalue weighted by atomic mass is 19.1. The van der Waals surface area contributed by atoms with Crippen molar-refractivity contribution in [2.75, 3.05) is 0 Å². The van der Waals surface area contributed by atoms with E-state index in [0.29, 0.717) is 11.8 Å². The molecule has 2 aliphatic rings. The Bertz CT molecular complexity index is 744. The molecule has 0 atom stereocenters. The second-order valence-electron chi connectivity index (χ2n) is 9.27. The maximum absolute atomic E-state index is 14.9. The lowest BCUT2D eigenvalue weighted by molar-refractivity contribution is 0.347. The van der Waals surface area contributed by atoms with Gasteiger partial charge in [-0.25, -0.2) is 4.39 Å². The molecule has 0 radical (unpaired) electrons. The van der Waals surface area contributed by atoms with E-state index >= 15 is 0 Å². The summed E-state index contributed by atoms with van der Waals surface area (Å²) in [5.41, 5.74) is 4.37. The molecule has 2 aromatic rings. The molecular weight excluding hydrogens is 355 g/mol. The molecule has 2 fully saturated rings. The Hall–Kier alpha value is -1.63. The van der Waals surface area contributed by atoms with Gasteiger partial charge in [0.2, 0.25) is 0 Å². The van der Waals surface area contributed by atoms with E-state index in [-0.39, 0.29) is 5.82 Å². The molecule has 1 heteroatoms. The molecule has 29 heavy (non-hydrogen) atoms. The van der Waals surface area contributed by atoms with Gasteiger partial charge >= 0.3 is 0 Å². The molecule has 2 aromatic carbocycles. The van der Waals surface area contributed by atoms with Crippen LogP contribution in [0, 0.1) is 17.7 Å². The van der Waals surface area contributed by atoms with E-state index in [0.717, 1.165) is 23.0 Å². The van der Waals surface area contributed by atoms with Gasteiger partial charge in [-0.05, 0) is 72.1 Å². The van der Waals surface area contributed by atoms with Crippen molar-refractivity contribution in [2.45, 2.75) is 90.9 Å². The Morgan fingerprint density at radius 1 is 0.621 bits per heavy atom. The average Bonchev–Trinajstić information content (AvgIpc) is 2.76. The van der Waals surface area contributed by atoms with E-state index in [4.69, 9.17) is 0 Å². The molecular formula is C28H39F. The molecule has 4 rings (SSSR count). The first kappa shape index (κ1) is 22.1. The van der Waals surface area contributed by atoms with Crippen LogP contribution < -0.4 is 0 Å². The monoisotopic (exact) mass is 394 g/mol. The minimum absolute atomic E-state index is 0.0645. The summed E-state index contributed by atoms with van der Waals surface area (Å²) in [6.45, 7) is 8.69. The number of hydrogen-bond acceptors (Lipinski definition) is 0. The molecule has 0 aromatic heterocycles. The summed E-state index contributed by atoms with van der Waals surface area (Å²) >= 11 is 0. The molecule has 0 spiro atoms. The summed E-state index contributed by atoms with van der Waals surface area (Å²) in [7, 11) is 0. The molecule has 2 saturated carbocycles. The van der Waals surface area contributed by atoms with Gasteiger partial charge in [0.1, 0.15) is 5.82 Å². The lowest BCUT2D eigenvalue weighted by atomic mass is 9.79. The SMILES string of the molecule is CC.CC1CCC(c2ccc(-c3ccc(C4CCC(C)CC4)cc3F)cc2)CC1. The fourth-order valence-corrected chi connectivity index (χ4v) is 5.14. The highest BCUT2D eigenvalue weighted by Crippen LogP contribution is 2.38. The Kier molecular flexibility index (Phi) is 7.92. The second kappa shape index (κ2) is 10.4. The molecule has 0 aliphatic heterocycles. The van der Waals surface area contributed by atoms with Gasteiger partial charge in [-0.2, -0.15) is 0 Å². The maximum atomic E-state index is 14.9. The number of hydrogen-bond donors (Lipinski definition) is 0. The minimum Gasteiger partial charge on any atom is -0.206 e. The van der Waals surface area contributed by atoms with Gasteiger partial charge in [-0.15, -0.1) is 0 Å². The molecule has 158 valence electrons. The zero-order chi connectivity index (χ0) is 20.8. The third-order valence-electron chi connectivity index (χ3n) is 7.19. The van der Waals surface area contributed by atoms with Crippen LogP contribution in [-0.2, 0) is 0 Å². The fourth-order valence-electron chi connectivity index (χ4n) is 5.14. The van der Waals surface area contributed by atoms with Gasteiger partial charge in [0.25, 0.3) is 0 Å². The molecule has 0 bridgehead atoms. The van der Waals surface area contributed by atoms with E-state index in [2.05, 4.69) is 44.2 Å². The van der Waals surface area contributed by atoms with Gasteiger partial charge in [-0.3, -0.25) is 0 Å². The van der Waals surface area contributed by atoms with Crippen LogP contribution in [0.3, 0.4) is 0 Å². The van der Waals surface area contributed by atoms with E-state index in [1.165, 1.54) is 62.5 Å². The third-order valence-corrected chi connectivity index (χ3v) is 7.19. The Labute approximate surface area is 177 Å². The summed E-state index contributed by atoms with van der Waals surface area (Å²) in [6.07, 6.45) is 10.2. The molecule has 0 unspecified atom stereocenters. The van der Waals surface area contributed by atoms with Crippen LogP contribution in [0.2, 0.25) is 0 Å². The predicted octanol–water partition coefficient (Wildman–Crippen LogP) is 9.11. The smallest absolute Gasteiger partial charge is 0.131 e. The first-order valence-electron chi connectivity index (χ1n) is 12.0. The molecule has 0 saturated heterocycles. The van der Waals surface area contributed by atoms with Crippen molar-refractivity contribution in [1.29, 1.82) is 0 Å². The summed E-state index contributed by atoms with van der Waals surface area (Å²) in [5, 5.41) is 0. The second-order valence-corrected chi connectivity index (χ2v) is 9.27. The number of rotatable bonds is 3. The summed E-state index contributed by atoms with van der Waals surface area (Å²) in [4.78, 5) is 0. The van der Waals surface area contributed by atoms with Crippen LogP contribution in [0.1, 0.15) is 102 Å². The number of benzene rings is 2. The van der Waals surface area contributed by atoms with Gasteiger partial charge in [0.05, 0.1) is 0 Å². The Morgan fingerprint density at radius 2 is 1.07 bits per heavy atom. The predicted molar refractivity (Wildman–Crippen MR) is 124 cm³/mol. The van der Waals surface area contributed by atoms with Crippen LogP contribution in [0.15, 0.2) is 42.5 Å². The zero-order valence-electron chi connectivity index (χ0n) is 18.9. The third kappa shape index (κ3) is 5.50. The first-order chi connectivity index (χ1) is 14.1. The van der Waals surface area contributed by atoms with Gasteiger partial charge < -0.3 is 0 Å². The molecule has 0 nitrogen and oxygen atoms in total. The van der Waals surface area contributed by atoms with Gasteiger partial charge in [0, 0.05) is 5.56 Å². The van der Waals surface area contributed by atoms with Gasteiger partial charge in [-0.1, -0.05) is 89.8 Å². The quantitative estimate of drug-likeness (QED) is 0.487. The highest BCUT2D eigenvalue weighted by Gasteiger charge is 2.22. The maximum Gasteiger partial charge on any atom is 0.131 e. The summed E-state index contributed by atoms with van der Waals surface area (Å²) < 4.78 is 14.9. The number of halogens is 1. The minimum atomic E-state index is -0.0645. The molecule has 0 N–H and O–H groups in total. The first-order valence-corrected chi connectivity index (χ1v) is 12.0. The lowest BCUT2D eigenvalue weighted by Crippen LogP contribution is -2.11. The summed E-state index contributed by atoms with van der Waals surface area (Å²) in [6, 6.07) is 14.7. The van der Waals surface area contributed by atoms with Crippen LogP contribution in [0.5, 0.6) is 0 Å². The van der Waals surface area contributed by atoms with Crippen LogP contribution >= 0.6 is 0 Å². The van der Waals surface area contributed by atoms with Gasteiger partial charge in [0.15, 0.2) is 0 Å². The van der Waals surface area contributed by atoms with Crippen molar-refractivity contribution >= 4 is 0 Å². The van der Waals surface area contributed by atoms with Crippen molar-refractivity contribution in [2.24, 2.45) is 11.8 Å². The van der Waals surface area contributed by atoms with Crippen molar-refractivity contribution in [3.8, 4) is 11.1 Å². The van der Waals surface area contributed by atoms with E-state index in [9.17, 15) is 4.39 Å². The van der Waals surface area contributed by atoms with Crippen molar-refractivity contribution < 1.29 is 4.39 Å². The Balaban J connectivity index is 0.00000117. The fraction of sp³-hybridized carbons (Fsp3) is 0.571. The highest BCUT2D eigenvalue weighted by molar-refractivity contribution is 5.65. The average molecular weight is 395 g/mol. The lowest BCUT2D eigenvalue weighted by Gasteiger charge is -2.27. The standard InChI is InChI=1S/C26H33F.C2H6/c1-18-3-7-20(8-4-18)21-11-13-23(14-12-21)25-16-15-24(17-26(25)27)22-9-5-19(2)6-10-22;1-2/h11-20,22H,3-10H2,1-2H3;1-2H3. The van der Waals surface area contributed by atoms with E-state index in [1.54, 1.807) is 6.07 Å². The van der Waals surface area contributed by atoms with Crippen LogP contribution in [0.25, 0.3) is 11.1 Å². The van der Waals surface area contributed by atoms with E-state index < -0.39 is 0 Å². The topological polar surface area (TPSA) is 0 Å². The molecule has 0 heterocycles. The molecule has 0 amide bonds. The van der Waals surface area contributed by atoms with Crippen molar-refractivity contribution in [1.82, 2.24) is 0 Å². The largest absolute Gasteiger partial charge is 0.206 e. The Morgan fingerprint density at radius 3 is 1.55 bits per heavy atom. The normalized spacial score (nSPS) is 27.1.